The molecule has 3 rings (SSSR count). The lowest BCUT2D eigenvalue weighted by atomic mass is 10.2. The SMILES string of the molecule is c1ccc2c(CSC3CCNC3)c[nH]c2c1. The van der Waals surface area contributed by atoms with E-state index in [-0.39, 0.29) is 0 Å². The second-order valence-electron chi connectivity index (χ2n) is 4.29. The number of thioether (sulfide) groups is 1. The third-order valence-corrected chi connectivity index (χ3v) is 4.52. The molecule has 2 heterocycles. The molecule has 0 aliphatic carbocycles. The Labute approximate surface area is 99.8 Å². The van der Waals surface area contributed by atoms with Crippen molar-refractivity contribution in [3.63, 3.8) is 0 Å². The Hall–Kier alpha value is -0.930. The van der Waals surface area contributed by atoms with Crippen molar-refractivity contribution in [3.05, 3.63) is 36.0 Å². The summed E-state index contributed by atoms with van der Waals surface area (Å²) in [7, 11) is 0. The van der Waals surface area contributed by atoms with E-state index in [2.05, 4.69) is 52.5 Å². The molecule has 1 saturated heterocycles. The van der Waals surface area contributed by atoms with Crippen LogP contribution in [-0.4, -0.2) is 23.3 Å². The Morgan fingerprint density at radius 2 is 2.25 bits per heavy atom. The summed E-state index contributed by atoms with van der Waals surface area (Å²) in [5.74, 6) is 1.12. The predicted octanol–water partition coefficient (Wildman–Crippen LogP) is 2.76. The fraction of sp³-hybridized carbons (Fsp3) is 0.385. The number of fused-ring (bicyclic) bond motifs is 1. The van der Waals surface area contributed by atoms with Crippen molar-refractivity contribution in [2.24, 2.45) is 0 Å². The molecule has 1 aliphatic rings. The highest BCUT2D eigenvalue weighted by atomic mass is 32.2. The van der Waals surface area contributed by atoms with E-state index in [0.29, 0.717) is 0 Å². The van der Waals surface area contributed by atoms with Crippen molar-refractivity contribution in [1.29, 1.82) is 0 Å². The number of benzene rings is 1. The first kappa shape index (κ1) is 10.2. The van der Waals surface area contributed by atoms with Gasteiger partial charge in [-0.05, 0) is 24.6 Å². The molecule has 0 amide bonds. The molecule has 2 N–H and O–H groups in total. The van der Waals surface area contributed by atoms with Gasteiger partial charge in [-0.1, -0.05) is 18.2 Å². The second kappa shape index (κ2) is 4.52. The van der Waals surface area contributed by atoms with Crippen molar-refractivity contribution in [1.82, 2.24) is 10.3 Å². The summed E-state index contributed by atoms with van der Waals surface area (Å²) in [5.41, 5.74) is 2.69. The van der Waals surface area contributed by atoms with Crippen LogP contribution >= 0.6 is 11.8 Å². The van der Waals surface area contributed by atoms with E-state index in [0.717, 1.165) is 11.0 Å². The Morgan fingerprint density at radius 3 is 3.12 bits per heavy atom. The largest absolute Gasteiger partial charge is 0.361 e. The number of aromatic nitrogens is 1. The van der Waals surface area contributed by atoms with Gasteiger partial charge in [0.25, 0.3) is 0 Å². The van der Waals surface area contributed by atoms with E-state index in [4.69, 9.17) is 0 Å². The zero-order chi connectivity index (χ0) is 10.8. The summed E-state index contributed by atoms with van der Waals surface area (Å²) in [6.45, 7) is 2.36. The smallest absolute Gasteiger partial charge is 0.0457 e. The molecule has 2 aromatic rings. The van der Waals surface area contributed by atoms with Gasteiger partial charge in [-0.2, -0.15) is 11.8 Å². The topological polar surface area (TPSA) is 27.8 Å². The molecule has 1 aromatic heterocycles. The van der Waals surface area contributed by atoms with Crippen LogP contribution in [-0.2, 0) is 5.75 Å². The molecule has 2 nitrogen and oxygen atoms in total. The molecule has 0 saturated carbocycles. The monoisotopic (exact) mass is 232 g/mol. The van der Waals surface area contributed by atoms with E-state index >= 15 is 0 Å². The molecule has 84 valence electrons. The summed E-state index contributed by atoms with van der Waals surface area (Å²) in [5, 5.41) is 5.59. The maximum Gasteiger partial charge on any atom is 0.0457 e. The third kappa shape index (κ3) is 1.97. The first-order chi connectivity index (χ1) is 7.93. The number of hydrogen-bond acceptors (Lipinski definition) is 2. The van der Waals surface area contributed by atoms with Crippen molar-refractivity contribution in [2.45, 2.75) is 17.4 Å². The molecule has 3 heteroatoms. The molecule has 0 bridgehead atoms. The van der Waals surface area contributed by atoms with Gasteiger partial charge < -0.3 is 10.3 Å². The third-order valence-electron chi connectivity index (χ3n) is 3.16. The van der Waals surface area contributed by atoms with Gasteiger partial charge in [0.2, 0.25) is 0 Å². The summed E-state index contributed by atoms with van der Waals surface area (Å²) >= 11 is 2.07. The number of nitrogens with one attached hydrogen (secondary N) is 2. The van der Waals surface area contributed by atoms with Crippen LogP contribution in [0.1, 0.15) is 12.0 Å². The molecule has 1 aromatic carbocycles. The van der Waals surface area contributed by atoms with Crippen LogP contribution in [0.25, 0.3) is 10.9 Å². The molecule has 1 aliphatic heterocycles. The van der Waals surface area contributed by atoms with Gasteiger partial charge in [-0.15, -0.1) is 0 Å². The van der Waals surface area contributed by atoms with Crippen molar-refractivity contribution in [3.8, 4) is 0 Å². The molecule has 1 unspecified atom stereocenters. The van der Waals surface area contributed by atoms with Gasteiger partial charge in [-0.25, -0.2) is 0 Å². The van der Waals surface area contributed by atoms with E-state index in [1.54, 1.807) is 0 Å². The molecular weight excluding hydrogens is 216 g/mol. The summed E-state index contributed by atoms with van der Waals surface area (Å²) < 4.78 is 0. The molecule has 16 heavy (non-hydrogen) atoms. The van der Waals surface area contributed by atoms with Gasteiger partial charge in [-0.3, -0.25) is 0 Å². The highest BCUT2D eigenvalue weighted by Crippen LogP contribution is 2.26. The number of para-hydroxylation sites is 1. The Morgan fingerprint density at radius 1 is 1.31 bits per heavy atom. The average molecular weight is 232 g/mol. The molecule has 0 radical (unpaired) electrons. The molecule has 0 spiro atoms. The van der Waals surface area contributed by atoms with Crippen molar-refractivity contribution >= 4 is 22.7 Å². The van der Waals surface area contributed by atoms with Gasteiger partial charge in [0, 0.05) is 34.6 Å². The summed E-state index contributed by atoms with van der Waals surface area (Å²) in [6.07, 6.45) is 3.47. The van der Waals surface area contributed by atoms with E-state index < -0.39 is 0 Å². The minimum Gasteiger partial charge on any atom is -0.361 e. The first-order valence-electron chi connectivity index (χ1n) is 5.81. The molecular formula is C13H16N2S. The Kier molecular flexibility index (Phi) is 2.89. The fourth-order valence-corrected chi connectivity index (χ4v) is 3.40. The lowest BCUT2D eigenvalue weighted by Gasteiger charge is -2.06. The highest BCUT2D eigenvalue weighted by molar-refractivity contribution is 7.99. The van der Waals surface area contributed by atoms with E-state index in [1.165, 1.54) is 36.0 Å². The quantitative estimate of drug-likeness (QED) is 0.851. The van der Waals surface area contributed by atoms with Crippen LogP contribution < -0.4 is 5.32 Å². The van der Waals surface area contributed by atoms with Gasteiger partial charge in [0.1, 0.15) is 0 Å². The predicted molar refractivity (Wildman–Crippen MR) is 70.9 cm³/mol. The van der Waals surface area contributed by atoms with Crippen LogP contribution in [0.5, 0.6) is 0 Å². The standard InChI is InChI=1S/C13H16N2S/c1-2-4-13-12(3-1)10(7-15-13)9-16-11-5-6-14-8-11/h1-4,7,11,14-15H,5-6,8-9H2. The number of hydrogen-bond donors (Lipinski definition) is 2. The molecule has 1 fully saturated rings. The van der Waals surface area contributed by atoms with Gasteiger partial charge in [0.15, 0.2) is 0 Å². The zero-order valence-electron chi connectivity index (χ0n) is 9.20. The normalized spacial score (nSPS) is 20.6. The number of rotatable bonds is 3. The Bertz CT molecular complexity index is 471. The minimum absolute atomic E-state index is 0.800. The van der Waals surface area contributed by atoms with E-state index in [1.807, 2.05) is 0 Å². The lowest BCUT2D eigenvalue weighted by molar-refractivity contribution is 0.858. The van der Waals surface area contributed by atoms with Gasteiger partial charge >= 0.3 is 0 Å². The van der Waals surface area contributed by atoms with Crippen molar-refractivity contribution in [2.75, 3.05) is 13.1 Å². The fourth-order valence-electron chi connectivity index (χ4n) is 2.23. The maximum absolute atomic E-state index is 3.41. The van der Waals surface area contributed by atoms with Crippen LogP contribution in [0.4, 0.5) is 0 Å². The van der Waals surface area contributed by atoms with Crippen molar-refractivity contribution < 1.29 is 0 Å². The number of H-pyrrole nitrogens is 1. The number of aromatic amines is 1. The molecule has 1 atom stereocenters. The average Bonchev–Trinajstić information content (AvgIpc) is 2.96. The Balaban J connectivity index is 1.73. The lowest BCUT2D eigenvalue weighted by Crippen LogP contribution is -2.10. The van der Waals surface area contributed by atoms with Crippen LogP contribution in [0.3, 0.4) is 0 Å². The van der Waals surface area contributed by atoms with Gasteiger partial charge in [0.05, 0.1) is 0 Å². The summed E-state index contributed by atoms with van der Waals surface area (Å²) in [4.78, 5) is 3.33. The summed E-state index contributed by atoms with van der Waals surface area (Å²) in [6, 6.07) is 8.54. The first-order valence-corrected chi connectivity index (χ1v) is 6.85. The van der Waals surface area contributed by atoms with Crippen LogP contribution in [0.15, 0.2) is 30.5 Å². The highest BCUT2D eigenvalue weighted by Gasteiger charge is 2.15. The minimum atomic E-state index is 0.800. The maximum atomic E-state index is 3.41. The second-order valence-corrected chi connectivity index (χ2v) is 5.57. The zero-order valence-corrected chi connectivity index (χ0v) is 10.0. The van der Waals surface area contributed by atoms with Crippen LogP contribution in [0.2, 0.25) is 0 Å². The van der Waals surface area contributed by atoms with Crippen LogP contribution in [0, 0.1) is 0 Å². The van der Waals surface area contributed by atoms with E-state index in [9.17, 15) is 0 Å².